The number of carbonyl (C=O) groups is 1. The Bertz CT molecular complexity index is 529. The van der Waals surface area contributed by atoms with Gasteiger partial charge in [-0.2, -0.15) is 0 Å². The molecule has 2 fully saturated rings. The second-order valence-electron chi connectivity index (χ2n) is 7.28. The maximum absolute atomic E-state index is 13.0. The normalized spacial score (nSPS) is 22.8. The largest absolute Gasteiger partial charge is 0.396 e. The van der Waals surface area contributed by atoms with Crippen molar-refractivity contribution >= 4 is 6.03 Å². The fourth-order valence-corrected chi connectivity index (χ4v) is 4.09. The molecule has 2 unspecified atom stereocenters. The minimum absolute atomic E-state index is 0.0171. The molecule has 2 atom stereocenters. The number of aliphatic hydroxyl groups is 1. The molecule has 0 saturated carbocycles. The van der Waals surface area contributed by atoms with Gasteiger partial charge in [0.05, 0.1) is 6.04 Å². The van der Waals surface area contributed by atoms with E-state index in [-0.39, 0.29) is 24.7 Å². The van der Waals surface area contributed by atoms with Crippen molar-refractivity contribution < 1.29 is 9.90 Å². The van der Waals surface area contributed by atoms with Gasteiger partial charge in [-0.25, -0.2) is 4.79 Å². The molecule has 1 aromatic rings. The molecule has 5 nitrogen and oxygen atoms in total. The molecule has 0 bridgehead atoms. The molecule has 2 aliphatic heterocycles. The number of rotatable bonds is 6. The van der Waals surface area contributed by atoms with E-state index in [1.807, 2.05) is 23.1 Å². The summed E-state index contributed by atoms with van der Waals surface area (Å²) in [5, 5.41) is 12.6. The average Bonchev–Trinajstić information content (AvgIpc) is 3.16. The van der Waals surface area contributed by atoms with E-state index in [1.54, 1.807) is 0 Å². The zero-order valence-corrected chi connectivity index (χ0v) is 15.1. The summed E-state index contributed by atoms with van der Waals surface area (Å²) < 4.78 is 0. The van der Waals surface area contributed by atoms with Gasteiger partial charge in [0.2, 0.25) is 0 Å². The number of urea groups is 1. The molecule has 2 amide bonds. The summed E-state index contributed by atoms with van der Waals surface area (Å²) in [7, 11) is 0. The molecule has 2 aliphatic rings. The highest BCUT2D eigenvalue weighted by Gasteiger charge is 2.28. The molecule has 5 heteroatoms. The third-order valence-electron chi connectivity index (χ3n) is 5.49. The summed E-state index contributed by atoms with van der Waals surface area (Å²) in [4.78, 5) is 17.3. The van der Waals surface area contributed by atoms with Crippen molar-refractivity contribution in [2.75, 3.05) is 32.8 Å². The topological polar surface area (TPSA) is 55.8 Å². The lowest BCUT2D eigenvalue weighted by Gasteiger charge is -2.37. The van der Waals surface area contributed by atoms with Crippen molar-refractivity contribution in [3.05, 3.63) is 35.9 Å². The monoisotopic (exact) mass is 345 g/mol. The van der Waals surface area contributed by atoms with Crippen LogP contribution in [0.5, 0.6) is 0 Å². The molecule has 0 aliphatic carbocycles. The zero-order chi connectivity index (χ0) is 17.5. The second kappa shape index (κ2) is 9.20. The van der Waals surface area contributed by atoms with Crippen molar-refractivity contribution in [1.82, 2.24) is 15.1 Å². The van der Waals surface area contributed by atoms with Crippen molar-refractivity contribution in [2.45, 2.75) is 50.6 Å². The Kier molecular flexibility index (Phi) is 6.70. The summed E-state index contributed by atoms with van der Waals surface area (Å²) in [6, 6.07) is 10.5. The predicted molar refractivity (Wildman–Crippen MR) is 99.4 cm³/mol. The molecule has 0 aromatic heterocycles. The van der Waals surface area contributed by atoms with Crippen LogP contribution in [0.25, 0.3) is 0 Å². The van der Waals surface area contributed by atoms with Gasteiger partial charge in [-0.05, 0) is 57.2 Å². The first-order chi connectivity index (χ1) is 12.3. The SMILES string of the molecule is O=C(NC(CN1CCCC1)c1ccccc1)N1CCCCC1CCO. The predicted octanol–water partition coefficient (Wildman–Crippen LogP) is 2.77. The number of likely N-dealkylation sites (tertiary alicyclic amines) is 2. The Morgan fingerprint density at radius 2 is 1.84 bits per heavy atom. The highest BCUT2D eigenvalue weighted by Crippen LogP contribution is 2.22. The number of hydrogen-bond acceptors (Lipinski definition) is 3. The first-order valence-electron chi connectivity index (χ1n) is 9.73. The summed E-state index contributed by atoms with van der Waals surface area (Å²) in [6.45, 7) is 4.05. The number of nitrogens with zero attached hydrogens (tertiary/aromatic N) is 2. The number of hydrogen-bond donors (Lipinski definition) is 2. The standard InChI is InChI=1S/C20H31N3O2/c24-15-11-18-10-4-5-14-23(18)20(25)21-19(16-22-12-6-7-13-22)17-8-2-1-3-9-17/h1-3,8-9,18-19,24H,4-7,10-16H2,(H,21,25). The van der Waals surface area contributed by atoms with Gasteiger partial charge >= 0.3 is 6.03 Å². The van der Waals surface area contributed by atoms with Crippen LogP contribution in [0.4, 0.5) is 4.79 Å². The lowest BCUT2D eigenvalue weighted by Crippen LogP contribution is -2.51. The molecule has 25 heavy (non-hydrogen) atoms. The number of aliphatic hydroxyl groups excluding tert-OH is 1. The Morgan fingerprint density at radius 3 is 2.56 bits per heavy atom. The van der Waals surface area contributed by atoms with Gasteiger partial charge in [0.15, 0.2) is 0 Å². The van der Waals surface area contributed by atoms with Crippen LogP contribution >= 0.6 is 0 Å². The van der Waals surface area contributed by atoms with E-state index >= 15 is 0 Å². The summed E-state index contributed by atoms with van der Waals surface area (Å²) in [5.74, 6) is 0. The number of amides is 2. The van der Waals surface area contributed by atoms with Crippen LogP contribution in [0.2, 0.25) is 0 Å². The van der Waals surface area contributed by atoms with E-state index in [4.69, 9.17) is 0 Å². The zero-order valence-electron chi connectivity index (χ0n) is 15.1. The Labute approximate surface area is 151 Å². The van der Waals surface area contributed by atoms with Crippen molar-refractivity contribution in [1.29, 1.82) is 0 Å². The van der Waals surface area contributed by atoms with Gasteiger partial charge in [0.25, 0.3) is 0 Å². The van der Waals surface area contributed by atoms with Crippen LogP contribution in [0.1, 0.15) is 50.1 Å². The molecule has 3 rings (SSSR count). The van der Waals surface area contributed by atoms with Gasteiger partial charge in [0.1, 0.15) is 0 Å². The summed E-state index contributed by atoms with van der Waals surface area (Å²) >= 11 is 0. The molecule has 0 spiro atoms. The van der Waals surface area contributed by atoms with Crippen molar-refractivity contribution in [3.63, 3.8) is 0 Å². The quantitative estimate of drug-likeness (QED) is 0.833. The number of carbonyl (C=O) groups excluding carboxylic acids is 1. The Balaban J connectivity index is 1.68. The van der Waals surface area contributed by atoms with Crippen LogP contribution in [-0.2, 0) is 0 Å². The van der Waals surface area contributed by atoms with Crippen LogP contribution in [0.3, 0.4) is 0 Å². The molecule has 2 heterocycles. The third kappa shape index (κ3) is 4.95. The van der Waals surface area contributed by atoms with Gasteiger partial charge in [-0.1, -0.05) is 30.3 Å². The number of piperidine rings is 1. The molecular weight excluding hydrogens is 314 g/mol. The fraction of sp³-hybridized carbons (Fsp3) is 0.650. The van der Waals surface area contributed by atoms with Gasteiger partial charge in [-0.15, -0.1) is 0 Å². The van der Waals surface area contributed by atoms with E-state index in [2.05, 4.69) is 22.3 Å². The highest BCUT2D eigenvalue weighted by molar-refractivity contribution is 5.75. The van der Waals surface area contributed by atoms with E-state index in [9.17, 15) is 9.90 Å². The van der Waals surface area contributed by atoms with Crippen molar-refractivity contribution in [2.24, 2.45) is 0 Å². The van der Waals surface area contributed by atoms with Crippen LogP contribution in [0.15, 0.2) is 30.3 Å². The lowest BCUT2D eigenvalue weighted by atomic mass is 10.00. The molecule has 2 saturated heterocycles. The Morgan fingerprint density at radius 1 is 1.12 bits per heavy atom. The summed E-state index contributed by atoms with van der Waals surface area (Å²) in [6.07, 6.45) is 6.37. The van der Waals surface area contributed by atoms with E-state index in [0.29, 0.717) is 6.42 Å². The van der Waals surface area contributed by atoms with Gasteiger partial charge < -0.3 is 20.2 Å². The fourth-order valence-electron chi connectivity index (χ4n) is 4.09. The molecule has 138 valence electrons. The minimum atomic E-state index is 0.0171. The van der Waals surface area contributed by atoms with Crippen LogP contribution < -0.4 is 5.32 Å². The van der Waals surface area contributed by atoms with Crippen LogP contribution in [0, 0.1) is 0 Å². The lowest BCUT2D eigenvalue weighted by molar-refractivity contribution is 0.127. The molecule has 2 N–H and O–H groups in total. The average molecular weight is 345 g/mol. The minimum Gasteiger partial charge on any atom is -0.396 e. The first kappa shape index (κ1) is 18.2. The smallest absolute Gasteiger partial charge is 0.318 e. The number of benzene rings is 1. The third-order valence-corrected chi connectivity index (χ3v) is 5.49. The van der Waals surface area contributed by atoms with E-state index in [0.717, 1.165) is 45.4 Å². The maximum atomic E-state index is 13.0. The molecule has 0 radical (unpaired) electrons. The Hall–Kier alpha value is -1.59. The second-order valence-corrected chi connectivity index (χ2v) is 7.28. The van der Waals surface area contributed by atoms with Crippen LogP contribution in [-0.4, -0.2) is 59.8 Å². The van der Waals surface area contributed by atoms with Crippen molar-refractivity contribution in [3.8, 4) is 0 Å². The van der Waals surface area contributed by atoms with E-state index < -0.39 is 0 Å². The first-order valence-corrected chi connectivity index (χ1v) is 9.73. The summed E-state index contributed by atoms with van der Waals surface area (Å²) in [5.41, 5.74) is 1.17. The maximum Gasteiger partial charge on any atom is 0.318 e. The number of nitrogens with one attached hydrogen (secondary N) is 1. The highest BCUT2D eigenvalue weighted by atomic mass is 16.3. The van der Waals surface area contributed by atoms with E-state index in [1.165, 1.54) is 18.4 Å². The van der Waals surface area contributed by atoms with Gasteiger partial charge in [0, 0.05) is 25.7 Å². The molecule has 1 aromatic carbocycles. The van der Waals surface area contributed by atoms with Gasteiger partial charge in [-0.3, -0.25) is 0 Å². The molecular formula is C20H31N3O2.